The molecule has 0 aliphatic carbocycles. The van der Waals surface area contributed by atoms with Crippen molar-refractivity contribution >= 4 is 0 Å². The highest BCUT2D eigenvalue weighted by Crippen LogP contribution is 2.36. The summed E-state index contributed by atoms with van der Waals surface area (Å²) in [6, 6.07) is 0. The third-order valence-electron chi connectivity index (χ3n) is 3.67. The second kappa shape index (κ2) is 4.54. The number of ether oxygens (including phenoxy) is 3. The second-order valence-electron chi connectivity index (χ2n) is 5.71. The van der Waals surface area contributed by atoms with Gasteiger partial charge in [0.15, 0.2) is 5.79 Å². The smallest absolute Gasteiger partial charge is 0.330 e. The van der Waals surface area contributed by atoms with E-state index >= 15 is 0 Å². The van der Waals surface area contributed by atoms with Crippen molar-refractivity contribution in [1.82, 2.24) is 9.55 Å². The normalized spacial score (nSPS) is 32.0. The summed E-state index contributed by atoms with van der Waals surface area (Å²) in [6.45, 7) is 5.80. The Balaban J connectivity index is 1.86. The molecule has 0 saturated carbocycles. The average Bonchev–Trinajstić information content (AvgIpc) is 2.74. The molecule has 2 aliphatic heterocycles. The van der Waals surface area contributed by atoms with Crippen molar-refractivity contribution in [2.75, 3.05) is 6.61 Å². The maximum Gasteiger partial charge on any atom is 0.330 e. The molecule has 3 rings (SSSR count). The zero-order chi connectivity index (χ0) is 14.5. The molecule has 20 heavy (non-hydrogen) atoms. The SMILES string of the molecule is Cc1cn(C2CC3OC(C)(C)OCC3O2)c(=O)[nH]c1=O. The van der Waals surface area contributed by atoms with Gasteiger partial charge in [-0.25, -0.2) is 4.79 Å². The van der Waals surface area contributed by atoms with Crippen LogP contribution in [0.5, 0.6) is 0 Å². The molecule has 3 heterocycles. The van der Waals surface area contributed by atoms with E-state index in [4.69, 9.17) is 14.2 Å². The molecule has 7 heteroatoms. The van der Waals surface area contributed by atoms with Crippen LogP contribution in [0.2, 0.25) is 0 Å². The Kier molecular flexibility index (Phi) is 3.07. The lowest BCUT2D eigenvalue weighted by Gasteiger charge is -2.36. The number of aromatic amines is 1. The molecule has 2 saturated heterocycles. The first-order valence-electron chi connectivity index (χ1n) is 6.65. The van der Waals surface area contributed by atoms with Crippen LogP contribution in [0.15, 0.2) is 15.8 Å². The van der Waals surface area contributed by atoms with Crippen molar-refractivity contribution in [2.24, 2.45) is 0 Å². The minimum atomic E-state index is -0.634. The molecule has 0 bridgehead atoms. The summed E-state index contributed by atoms with van der Waals surface area (Å²) in [7, 11) is 0. The molecule has 110 valence electrons. The highest BCUT2D eigenvalue weighted by atomic mass is 16.7. The lowest BCUT2D eigenvalue weighted by Crippen LogP contribution is -2.46. The molecule has 0 spiro atoms. The Morgan fingerprint density at radius 1 is 1.35 bits per heavy atom. The Bertz CT molecular complexity index is 632. The quantitative estimate of drug-likeness (QED) is 0.800. The lowest BCUT2D eigenvalue weighted by atomic mass is 10.1. The predicted octanol–water partition coefficient (Wildman–Crippen LogP) is 0.284. The van der Waals surface area contributed by atoms with E-state index in [2.05, 4.69) is 4.98 Å². The fourth-order valence-electron chi connectivity index (χ4n) is 2.63. The number of aryl methyl sites for hydroxylation is 1. The first kappa shape index (κ1) is 13.5. The number of aromatic nitrogens is 2. The van der Waals surface area contributed by atoms with E-state index in [1.807, 2.05) is 13.8 Å². The number of H-pyrrole nitrogens is 1. The minimum Gasteiger partial charge on any atom is -0.349 e. The predicted molar refractivity (Wildman–Crippen MR) is 69.5 cm³/mol. The van der Waals surface area contributed by atoms with E-state index in [0.29, 0.717) is 18.6 Å². The number of rotatable bonds is 1. The molecule has 0 radical (unpaired) electrons. The van der Waals surface area contributed by atoms with Gasteiger partial charge in [0, 0.05) is 18.2 Å². The number of nitrogens with zero attached hydrogens (tertiary/aromatic N) is 1. The maximum atomic E-state index is 11.9. The summed E-state index contributed by atoms with van der Waals surface area (Å²) in [5, 5.41) is 0. The van der Waals surface area contributed by atoms with Crippen LogP contribution in [0.25, 0.3) is 0 Å². The minimum absolute atomic E-state index is 0.108. The monoisotopic (exact) mass is 282 g/mol. The number of fused-ring (bicyclic) bond motifs is 1. The van der Waals surface area contributed by atoms with Crippen molar-refractivity contribution in [3.63, 3.8) is 0 Å². The summed E-state index contributed by atoms with van der Waals surface area (Å²) >= 11 is 0. The largest absolute Gasteiger partial charge is 0.349 e. The van der Waals surface area contributed by atoms with Crippen molar-refractivity contribution in [3.8, 4) is 0 Å². The third kappa shape index (κ3) is 2.32. The summed E-state index contributed by atoms with van der Waals surface area (Å²) in [4.78, 5) is 25.5. The van der Waals surface area contributed by atoms with Gasteiger partial charge in [-0.15, -0.1) is 0 Å². The van der Waals surface area contributed by atoms with Crippen molar-refractivity contribution in [3.05, 3.63) is 32.6 Å². The van der Waals surface area contributed by atoms with Crippen LogP contribution < -0.4 is 11.2 Å². The van der Waals surface area contributed by atoms with Gasteiger partial charge in [0.05, 0.1) is 12.7 Å². The molecule has 0 amide bonds. The Morgan fingerprint density at radius 2 is 2.10 bits per heavy atom. The van der Waals surface area contributed by atoms with Gasteiger partial charge in [0.1, 0.15) is 12.3 Å². The fourth-order valence-corrected chi connectivity index (χ4v) is 2.63. The van der Waals surface area contributed by atoms with E-state index in [1.165, 1.54) is 10.8 Å². The molecular weight excluding hydrogens is 264 g/mol. The van der Waals surface area contributed by atoms with E-state index < -0.39 is 17.7 Å². The first-order chi connectivity index (χ1) is 9.35. The van der Waals surface area contributed by atoms with E-state index in [0.717, 1.165) is 0 Å². The van der Waals surface area contributed by atoms with Gasteiger partial charge in [0.2, 0.25) is 0 Å². The van der Waals surface area contributed by atoms with Crippen LogP contribution in [-0.2, 0) is 14.2 Å². The molecule has 1 N–H and O–H groups in total. The zero-order valence-electron chi connectivity index (χ0n) is 11.7. The highest BCUT2D eigenvalue weighted by molar-refractivity contribution is 5.02. The van der Waals surface area contributed by atoms with Crippen LogP contribution in [0.3, 0.4) is 0 Å². The van der Waals surface area contributed by atoms with Gasteiger partial charge in [0.25, 0.3) is 5.56 Å². The van der Waals surface area contributed by atoms with Crippen molar-refractivity contribution < 1.29 is 14.2 Å². The molecule has 2 aliphatic rings. The molecule has 2 fully saturated rings. The number of hydrogen-bond acceptors (Lipinski definition) is 5. The second-order valence-corrected chi connectivity index (χ2v) is 5.71. The van der Waals surface area contributed by atoms with E-state index in [1.54, 1.807) is 6.92 Å². The van der Waals surface area contributed by atoms with Gasteiger partial charge >= 0.3 is 5.69 Å². The van der Waals surface area contributed by atoms with Gasteiger partial charge < -0.3 is 14.2 Å². The molecule has 0 aromatic carbocycles. The van der Waals surface area contributed by atoms with Gasteiger partial charge in [-0.1, -0.05) is 0 Å². The maximum absolute atomic E-state index is 11.9. The van der Waals surface area contributed by atoms with E-state index in [-0.39, 0.29) is 17.8 Å². The topological polar surface area (TPSA) is 82.6 Å². The van der Waals surface area contributed by atoms with Crippen LogP contribution in [-0.4, -0.2) is 34.2 Å². The van der Waals surface area contributed by atoms with Gasteiger partial charge in [-0.2, -0.15) is 0 Å². The Labute approximate surface area is 115 Å². The average molecular weight is 282 g/mol. The lowest BCUT2D eigenvalue weighted by molar-refractivity contribution is -0.293. The van der Waals surface area contributed by atoms with Crippen LogP contribution in [0, 0.1) is 6.92 Å². The third-order valence-corrected chi connectivity index (χ3v) is 3.67. The van der Waals surface area contributed by atoms with Crippen LogP contribution >= 0.6 is 0 Å². The summed E-state index contributed by atoms with van der Waals surface area (Å²) in [5.74, 6) is -0.634. The molecular formula is C13H18N2O5. The number of hydrogen-bond donors (Lipinski definition) is 1. The Morgan fingerprint density at radius 3 is 2.85 bits per heavy atom. The number of nitrogens with one attached hydrogen (secondary N) is 1. The molecule has 3 unspecified atom stereocenters. The van der Waals surface area contributed by atoms with Crippen molar-refractivity contribution in [2.45, 2.75) is 51.4 Å². The molecule has 1 aromatic rings. The molecule has 7 nitrogen and oxygen atoms in total. The molecule has 3 atom stereocenters. The Hall–Kier alpha value is -1.44. The first-order valence-corrected chi connectivity index (χ1v) is 6.65. The van der Waals surface area contributed by atoms with Crippen molar-refractivity contribution in [1.29, 1.82) is 0 Å². The summed E-state index contributed by atoms with van der Waals surface area (Å²) < 4.78 is 18.6. The highest BCUT2D eigenvalue weighted by Gasteiger charge is 2.44. The van der Waals surface area contributed by atoms with Gasteiger partial charge in [-0.05, 0) is 20.8 Å². The standard InChI is InChI=1S/C13H18N2O5/c1-7-5-15(12(17)14-11(7)16)10-4-8-9(19-10)6-18-13(2,3)20-8/h5,8-10H,4,6H2,1-3H3,(H,14,16,17). The summed E-state index contributed by atoms with van der Waals surface area (Å²) in [5.41, 5.74) is -0.368. The van der Waals surface area contributed by atoms with Crippen LogP contribution in [0.1, 0.15) is 32.1 Å². The van der Waals surface area contributed by atoms with Gasteiger partial charge in [-0.3, -0.25) is 14.3 Å². The fraction of sp³-hybridized carbons (Fsp3) is 0.692. The summed E-state index contributed by atoms with van der Waals surface area (Å²) in [6.07, 6.45) is 1.35. The van der Waals surface area contributed by atoms with Crippen LogP contribution in [0.4, 0.5) is 0 Å². The van der Waals surface area contributed by atoms with E-state index in [9.17, 15) is 9.59 Å². The zero-order valence-corrected chi connectivity index (χ0v) is 11.7. The molecule has 1 aromatic heterocycles.